The van der Waals surface area contributed by atoms with Crippen molar-refractivity contribution in [3.8, 4) is 5.82 Å². The molecule has 3 aromatic rings. The van der Waals surface area contributed by atoms with E-state index in [-0.39, 0.29) is 16.6 Å². The highest BCUT2D eigenvalue weighted by atomic mass is 35.5. The third kappa shape index (κ3) is 3.97. The van der Waals surface area contributed by atoms with Crippen molar-refractivity contribution in [1.82, 2.24) is 29.8 Å². The molecule has 0 bridgehead atoms. The Balaban J connectivity index is 1.74. The molecule has 1 amide bonds. The SMILES string of the molecule is CSc1ncc(Cl)c(C(=O)NCc2ccnc(-n3ccnc3C)c2)n1. The van der Waals surface area contributed by atoms with Crippen LogP contribution in [-0.2, 0) is 6.54 Å². The van der Waals surface area contributed by atoms with Crippen LogP contribution in [0.5, 0.6) is 0 Å². The number of carbonyl (C=O) groups is 1. The van der Waals surface area contributed by atoms with E-state index in [1.54, 1.807) is 12.4 Å². The van der Waals surface area contributed by atoms with Gasteiger partial charge >= 0.3 is 0 Å². The summed E-state index contributed by atoms with van der Waals surface area (Å²) >= 11 is 7.37. The minimum atomic E-state index is -0.347. The number of thioether (sulfide) groups is 1. The van der Waals surface area contributed by atoms with Crippen LogP contribution in [0.3, 0.4) is 0 Å². The van der Waals surface area contributed by atoms with Gasteiger partial charge in [-0.1, -0.05) is 23.4 Å². The Morgan fingerprint density at radius 2 is 2.16 bits per heavy atom. The van der Waals surface area contributed by atoms with E-state index in [9.17, 15) is 4.79 Å². The molecule has 3 aromatic heterocycles. The Bertz CT molecular complexity index is 913. The molecule has 0 spiro atoms. The Labute approximate surface area is 153 Å². The summed E-state index contributed by atoms with van der Waals surface area (Å²) < 4.78 is 1.87. The van der Waals surface area contributed by atoms with Crippen LogP contribution in [0.2, 0.25) is 5.02 Å². The van der Waals surface area contributed by atoms with Crippen LogP contribution < -0.4 is 5.32 Å². The van der Waals surface area contributed by atoms with Crippen molar-refractivity contribution < 1.29 is 4.79 Å². The molecule has 3 rings (SSSR count). The lowest BCUT2D eigenvalue weighted by molar-refractivity contribution is 0.0945. The van der Waals surface area contributed by atoms with Gasteiger partial charge in [0.25, 0.3) is 5.91 Å². The van der Waals surface area contributed by atoms with Gasteiger partial charge in [-0.3, -0.25) is 9.36 Å². The number of nitrogens with one attached hydrogen (secondary N) is 1. The maximum Gasteiger partial charge on any atom is 0.271 e. The number of aromatic nitrogens is 5. The quantitative estimate of drug-likeness (QED) is 0.546. The Kier molecular flexibility index (Phi) is 5.30. The number of halogens is 1. The first-order valence-corrected chi connectivity index (χ1v) is 8.98. The molecule has 0 aromatic carbocycles. The molecule has 9 heteroatoms. The van der Waals surface area contributed by atoms with Crippen molar-refractivity contribution >= 4 is 29.3 Å². The van der Waals surface area contributed by atoms with Gasteiger partial charge in [-0.2, -0.15) is 0 Å². The average molecular weight is 375 g/mol. The normalized spacial score (nSPS) is 10.7. The lowest BCUT2D eigenvalue weighted by Crippen LogP contribution is -2.24. The second kappa shape index (κ2) is 7.62. The van der Waals surface area contributed by atoms with Gasteiger partial charge in [-0.05, 0) is 30.9 Å². The van der Waals surface area contributed by atoms with Gasteiger partial charge in [0.1, 0.15) is 11.6 Å². The predicted molar refractivity (Wildman–Crippen MR) is 96.1 cm³/mol. The minimum Gasteiger partial charge on any atom is -0.347 e. The summed E-state index contributed by atoms with van der Waals surface area (Å²) in [6, 6.07) is 3.73. The summed E-state index contributed by atoms with van der Waals surface area (Å²) in [4.78, 5) is 29.0. The molecule has 0 fully saturated rings. The monoisotopic (exact) mass is 374 g/mol. The van der Waals surface area contributed by atoms with Gasteiger partial charge < -0.3 is 5.32 Å². The topological polar surface area (TPSA) is 85.6 Å². The molecule has 7 nitrogen and oxygen atoms in total. The van der Waals surface area contributed by atoms with E-state index in [0.29, 0.717) is 11.7 Å². The zero-order valence-electron chi connectivity index (χ0n) is 13.6. The molecule has 3 heterocycles. The van der Waals surface area contributed by atoms with E-state index in [1.165, 1.54) is 18.0 Å². The van der Waals surface area contributed by atoms with Crippen LogP contribution in [0.25, 0.3) is 5.82 Å². The number of carbonyl (C=O) groups excluding carboxylic acids is 1. The van der Waals surface area contributed by atoms with Gasteiger partial charge in [0.15, 0.2) is 10.9 Å². The van der Waals surface area contributed by atoms with Crippen molar-refractivity contribution in [2.75, 3.05) is 6.26 Å². The molecule has 25 heavy (non-hydrogen) atoms. The number of amides is 1. The molecule has 0 saturated heterocycles. The molecule has 0 atom stereocenters. The second-order valence-electron chi connectivity index (χ2n) is 5.10. The molecule has 0 unspecified atom stereocenters. The van der Waals surface area contributed by atoms with Crippen LogP contribution in [0.15, 0.2) is 42.1 Å². The molecule has 128 valence electrons. The fourth-order valence-electron chi connectivity index (χ4n) is 2.20. The van der Waals surface area contributed by atoms with E-state index >= 15 is 0 Å². The average Bonchev–Trinajstić information content (AvgIpc) is 3.06. The number of hydrogen-bond donors (Lipinski definition) is 1. The van der Waals surface area contributed by atoms with Gasteiger partial charge in [0.2, 0.25) is 0 Å². The Morgan fingerprint density at radius 3 is 2.88 bits per heavy atom. The number of hydrogen-bond acceptors (Lipinski definition) is 6. The molecule has 0 radical (unpaired) electrons. The van der Waals surface area contributed by atoms with E-state index < -0.39 is 0 Å². The highest BCUT2D eigenvalue weighted by Gasteiger charge is 2.14. The third-order valence-electron chi connectivity index (χ3n) is 3.46. The third-order valence-corrected chi connectivity index (χ3v) is 4.29. The first kappa shape index (κ1) is 17.4. The highest BCUT2D eigenvalue weighted by molar-refractivity contribution is 7.98. The van der Waals surface area contributed by atoms with Crippen LogP contribution in [0.1, 0.15) is 21.9 Å². The van der Waals surface area contributed by atoms with Crippen LogP contribution in [-0.4, -0.2) is 36.7 Å². The van der Waals surface area contributed by atoms with Crippen molar-refractivity contribution in [2.24, 2.45) is 0 Å². The summed E-state index contributed by atoms with van der Waals surface area (Å²) in [6.07, 6.45) is 8.51. The summed E-state index contributed by atoms with van der Waals surface area (Å²) in [7, 11) is 0. The number of nitrogens with zero attached hydrogens (tertiary/aromatic N) is 5. The standard InChI is InChI=1S/C16H15ClN6OS/c1-10-18-5-6-23(10)13-7-11(3-4-19-13)8-20-15(24)14-12(17)9-21-16(22-14)25-2/h3-7,9H,8H2,1-2H3,(H,20,24). The van der Waals surface area contributed by atoms with E-state index in [0.717, 1.165) is 17.2 Å². The number of pyridine rings is 1. The summed E-state index contributed by atoms with van der Waals surface area (Å²) in [5.74, 6) is 1.23. The molecule has 0 aliphatic heterocycles. The molecular weight excluding hydrogens is 360 g/mol. The first-order valence-electron chi connectivity index (χ1n) is 7.38. The van der Waals surface area contributed by atoms with Gasteiger partial charge in [-0.25, -0.2) is 19.9 Å². The maximum absolute atomic E-state index is 12.3. The minimum absolute atomic E-state index is 0.167. The van der Waals surface area contributed by atoms with Crippen molar-refractivity contribution in [2.45, 2.75) is 18.6 Å². The fourth-order valence-corrected chi connectivity index (χ4v) is 2.71. The van der Waals surface area contributed by atoms with Crippen LogP contribution in [0, 0.1) is 6.92 Å². The lowest BCUT2D eigenvalue weighted by atomic mass is 10.2. The van der Waals surface area contributed by atoms with Gasteiger partial charge in [0.05, 0.1) is 11.2 Å². The Hall–Kier alpha value is -2.45. The van der Waals surface area contributed by atoms with Gasteiger partial charge in [0, 0.05) is 25.1 Å². The van der Waals surface area contributed by atoms with Gasteiger partial charge in [-0.15, -0.1) is 0 Å². The van der Waals surface area contributed by atoms with E-state index in [4.69, 9.17) is 11.6 Å². The highest BCUT2D eigenvalue weighted by Crippen LogP contribution is 2.16. The summed E-state index contributed by atoms with van der Waals surface area (Å²) in [6.45, 7) is 2.23. The summed E-state index contributed by atoms with van der Waals surface area (Å²) in [5, 5.41) is 3.54. The molecule has 0 aliphatic rings. The van der Waals surface area contributed by atoms with Crippen LogP contribution in [0.4, 0.5) is 0 Å². The smallest absolute Gasteiger partial charge is 0.271 e. The number of rotatable bonds is 5. The molecular formula is C16H15ClN6OS. The van der Waals surface area contributed by atoms with E-state index in [2.05, 4.69) is 25.3 Å². The first-order chi connectivity index (χ1) is 12.1. The zero-order chi connectivity index (χ0) is 17.8. The van der Waals surface area contributed by atoms with Crippen molar-refractivity contribution in [3.63, 3.8) is 0 Å². The molecule has 0 aliphatic carbocycles. The fraction of sp³-hybridized carbons (Fsp3) is 0.188. The maximum atomic E-state index is 12.3. The molecule has 1 N–H and O–H groups in total. The zero-order valence-corrected chi connectivity index (χ0v) is 15.2. The summed E-state index contributed by atoms with van der Waals surface area (Å²) in [5.41, 5.74) is 1.07. The van der Waals surface area contributed by atoms with E-state index in [1.807, 2.05) is 36.1 Å². The second-order valence-corrected chi connectivity index (χ2v) is 6.28. The predicted octanol–water partition coefficient (Wildman–Crippen LogP) is 2.67. The van der Waals surface area contributed by atoms with Crippen molar-refractivity contribution in [1.29, 1.82) is 0 Å². The van der Waals surface area contributed by atoms with Crippen LogP contribution >= 0.6 is 23.4 Å². The Morgan fingerprint density at radius 1 is 1.32 bits per heavy atom. The lowest BCUT2D eigenvalue weighted by Gasteiger charge is -2.09. The number of imidazole rings is 1. The number of aryl methyl sites for hydroxylation is 1. The molecule has 0 saturated carbocycles. The largest absolute Gasteiger partial charge is 0.347 e. The van der Waals surface area contributed by atoms with Crippen molar-refractivity contribution in [3.05, 3.63) is 59.0 Å².